The van der Waals surface area contributed by atoms with Crippen LogP contribution in [-0.2, 0) is 5.41 Å². The second-order valence-electron chi connectivity index (χ2n) is 16.9. The summed E-state index contributed by atoms with van der Waals surface area (Å²) in [6.07, 6.45) is 5.56. The first kappa shape index (κ1) is 35.6. The van der Waals surface area contributed by atoms with Crippen LogP contribution < -0.4 is 4.74 Å². The van der Waals surface area contributed by atoms with Crippen molar-refractivity contribution in [3.8, 4) is 34.3 Å². The van der Waals surface area contributed by atoms with E-state index >= 15 is 0 Å². The van der Waals surface area contributed by atoms with E-state index in [1.807, 2.05) is 6.20 Å². The standard InChI is InChI=1S/C49H52N4O/c1-30(2)36-25-38(53-48(35-15-11-10-12-16-35)47(34(6)51-53)46-32(4)23-31(3)24-33(46)5)28-40(26-36)54-39-19-20-42-41-17-13-14-18-43(41)52(44(42)29-39)45-27-37(21-22-50-45)49(7,8)9/h10-23,25-31,33,46H,24H2,1-9H3/t31-,33-,46?/m0/s1. The molecule has 0 saturated carbocycles. The highest BCUT2D eigenvalue weighted by molar-refractivity contribution is 6.09. The van der Waals surface area contributed by atoms with Gasteiger partial charge in [-0.15, -0.1) is 0 Å². The van der Waals surface area contributed by atoms with Gasteiger partial charge < -0.3 is 4.74 Å². The molecule has 0 fully saturated rings. The number of allylic oxidation sites excluding steroid dienone is 2. The summed E-state index contributed by atoms with van der Waals surface area (Å²) in [7, 11) is 0. The van der Waals surface area contributed by atoms with Crippen molar-refractivity contribution in [2.75, 3.05) is 0 Å². The lowest BCUT2D eigenvalue weighted by Crippen LogP contribution is -2.20. The number of hydrogen-bond donors (Lipinski definition) is 0. The fourth-order valence-corrected chi connectivity index (χ4v) is 8.80. The van der Waals surface area contributed by atoms with Crippen LogP contribution in [0.15, 0.2) is 121 Å². The normalized spacial score (nSPS) is 17.7. The molecule has 0 N–H and O–H groups in total. The Balaban J connectivity index is 1.27. The van der Waals surface area contributed by atoms with Crippen LogP contribution in [0.4, 0.5) is 0 Å². The number of ether oxygens (including phenoxy) is 1. The van der Waals surface area contributed by atoms with Crippen LogP contribution in [-0.4, -0.2) is 19.3 Å². The van der Waals surface area contributed by atoms with E-state index in [2.05, 4.69) is 181 Å². The molecular weight excluding hydrogens is 661 g/mol. The second-order valence-corrected chi connectivity index (χ2v) is 16.9. The van der Waals surface area contributed by atoms with Gasteiger partial charge >= 0.3 is 0 Å². The molecule has 3 atom stereocenters. The number of hydrogen-bond acceptors (Lipinski definition) is 3. The van der Waals surface area contributed by atoms with E-state index in [1.54, 1.807) is 0 Å². The Kier molecular flexibility index (Phi) is 9.08. The van der Waals surface area contributed by atoms with E-state index < -0.39 is 0 Å². The maximum Gasteiger partial charge on any atom is 0.137 e. The molecule has 1 unspecified atom stereocenters. The van der Waals surface area contributed by atoms with Crippen LogP contribution in [0.3, 0.4) is 0 Å². The number of benzene rings is 4. The number of fused-ring (bicyclic) bond motifs is 3. The van der Waals surface area contributed by atoms with Crippen molar-refractivity contribution in [1.29, 1.82) is 0 Å². The molecule has 3 aromatic heterocycles. The maximum absolute atomic E-state index is 6.87. The van der Waals surface area contributed by atoms with Gasteiger partial charge in [0.15, 0.2) is 0 Å². The first-order chi connectivity index (χ1) is 25.9. The second kappa shape index (κ2) is 13.8. The van der Waals surface area contributed by atoms with Crippen LogP contribution in [0, 0.1) is 18.8 Å². The zero-order valence-corrected chi connectivity index (χ0v) is 33.2. The summed E-state index contributed by atoms with van der Waals surface area (Å²) in [6.45, 7) is 20.4. The number of para-hydroxylation sites is 1. The third-order valence-electron chi connectivity index (χ3n) is 11.4. The molecule has 0 saturated heterocycles. The van der Waals surface area contributed by atoms with E-state index in [4.69, 9.17) is 14.8 Å². The molecule has 0 amide bonds. The Morgan fingerprint density at radius 1 is 0.778 bits per heavy atom. The van der Waals surface area contributed by atoms with Crippen LogP contribution in [0.1, 0.15) is 96.0 Å². The molecule has 0 bridgehead atoms. The summed E-state index contributed by atoms with van der Waals surface area (Å²) < 4.78 is 11.3. The molecule has 5 nitrogen and oxygen atoms in total. The Hall–Kier alpha value is -5.42. The molecule has 5 heteroatoms. The Bertz CT molecular complexity index is 2530. The SMILES string of the molecule is CC1=C[C@H](C)C[C@H](C)C1c1c(C)nn(-c2cc(Oc3ccc4c5ccccc5n(-c5cc(C(C)(C)C)ccn5)c4c3)cc(C(C)C)c2)c1-c1ccccc1. The number of pyridine rings is 1. The number of aryl methyl sites for hydroxylation is 1. The van der Waals surface area contributed by atoms with E-state index in [0.29, 0.717) is 23.7 Å². The largest absolute Gasteiger partial charge is 0.457 e. The fraction of sp³-hybridized carbons (Fsp3) is 0.306. The van der Waals surface area contributed by atoms with Crippen LogP contribution in [0.2, 0.25) is 0 Å². The van der Waals surface area contributed by atoms with Crippen molar-refractivity contribution in [3.05, 3.63) is 143 Å². The minimum absolute atomic E-state index is 0.000866. The van der Waals surface area contributed by atoms with Crippen molar-refractivity contribution < 1.29 is 4.74 Å². The third-order valence-corrected chi connectivity index (χ3v) is 11.4. The van der Waals surface area contributed by atoms with Crippen molar-refractivity contribution in [3.63, 3.8) is 0 Å². The van der Waals surface area contributed by atoms with Gasteiger partial charge in [0.25, 0.3) is 0 Å². The topological polar surface area (TPSA) is 44.9 Å². The van der Waals surface area contributed by atoms with Gasteiger partial charge in [-0.05, 0) is 97.0 Å². The lowest BCUT2D eigenvalue weighted by atomic mass is 9.72. The molecule has 8 rings (SSSR count). The van der Waals surface area contributed by atoms with Crippen molar-refractivity contribution in [2.24, 2.45) is 11.8 Å². The lowest BCUT2D eigenvalue weighted by molar-refractivity contribution is 0.391. The smallest absolute Gasteiger partial charge is 0.137 e. The lowest BCUT2D eigenvalue weighted by Gasteiger charge is -2.32. The van der Waals surface area contributed by atoms with Crippen molar-refractivity contribution >= 4 is 21.8 Å². The van der Waals surface area contributed by atoms with Crippen molar-refractivity contribution in [1.82, 2.24) is 19.3 Å². The van der Waals surface area contributed by atoms with Gasteiger partial charge in [-0.3, -0.25) is 4.57 Å². The summed E-state index contributed by atoms with van der Waals surface area (Å²) in [4.78, 5) is 4.88. The highest BCUT2D eigenvalue weighted by Gasteiger charge is 2.33. The molecular formula is C49H52N4O. The van der Waals surface area contributed by atoms with Gasteiger partial charge in [-0.25, -0.2) is 9.67 Å². The van der Waals surface area contributed by atoms with Crippen LogP contribution in [0.5, 0.6) is 11.5 Å². The molecule has 4 aromatic carbocycles. The maximum atomic E-state index is 6.87. The molecule has 0 radical (unpaired) electrons. The summed E-state index contributed by atoms with van der Waals surface area (Å²) in [6, 6.07) is 36.7. The Labute approximate surface area is 320 Å². The predicted octanol–water partition coefficient (Wildman–Crippen LogP) is 13.3. The quantitative estimate of drug-likeness (QED) is 0.155. The van der Waals surface area contributed by atoms with E-state index in [-0.39, 0.29) is 5.41 Å². The van der Waals surface area contributed by atoms with Gasteiger partial charge in [-0.1, -0.05) is 109 Å². The van der Waals surface area contributed by atoms with Gasteiger partial charge in [-0.2, -0.15) is 5.10 Å². The van der Waals surface area contributed by atoms with Gasteiger partial charge in [0.1, 0.15) is 17.3 Å². The zero-order valence-electron chi connectivity index (χ0n) is 33.2. The highest BCUT2D eigenvalue weighted by atomic mass is 16.5. The summed E-state index contributed by atoms with van der Waals surface area (Å²) >= 11 is 0. The van der Waals surface area contributed by atoms with Crippen molar-refractivity contribution in [2.45, 2.75) is 86.0 Å². The molecule has 274 valence electrons. The molecule has 1 aliphatic carbocycles. The highest BCUT2D eigenvalue weighted by Crippen LogP contribution is 2.46. The average Bonchev–Trinajstić information content (AvgIpc) is 3.65. The minimum atomic E-state index is 0.000866. The Morgan fingerprint density at radius 2 is 1.52 bits per heavy atom. The van der Waals surface area contributed by atoms with Gasteiger partial charge in [0.2, 0.25) is 0 Å². The number of nitrogens with zero attached hydrogens (tertiary/aromatic N) is 4. The van der Waals surface area contributed by atoms with E-state index in [9.17, 15) is 0 Å². The molecule has 0 aliphatic heterocycles. The summed E-state index contributed by atoms with van der Waals surface area (Å²) in [5, 5.41) is 7.69. The predicted molar refractivity (Wildman–Crippen MR) is 225 cm³/mol. The summed E-state index contributed by atoms with van der Waals surface area (Å²) in [5.41, 5.74) is 11.8. The monoisotopic (exact) mass is 712 g/mol. The number of aromatic nitrogens is 4. The average molecular weight is 713 g/mol. The zero-order chi connectivity index (χ0) is 37.9. The first-order valence-corrected chi connectivity index (χ1v) is 19.5. The van der Waals surface area contributed by atoms with Crippen LogP contribution >= 0.6 is 0 Å². The van der Waals surface area contributed by atoms with E-state index in [0.717, 1.165) is 45.4 Å². The molecule has 54 heavy (non-hydrogen) atoms. The van der Waals surface area contributed by atoms with E-state index in [1.165, 1.54) is 45.0 Å². The third kappa shape index (κ3) is 6.44. The van der Waals surface area contributed by atoms with Crippen LogP contribution in [0.25, 0.3) is 44.6 Å². The minimum Gasteiger partial charge on any atom is -0.457 e. The molecule has 0 spiro atoms. The van der Waals surface area contributed by atoms with Gasteiger partial charge in [0, 0.05) is 46.1 Å². The molecule has 7 aromatic rings. The first-order valence-electron chi connectivity index (χ1n) is 19.5. The Morgan fingerprint density at radius 3 is 2.26 bits per heavy atom. The van der Waals surface area contributed by atoms with Gasteiger partial charge in [0.05, 0.1) is 28.1 Å². The molecule has 3 heterocycles. The molecule has 1 aliphatic rings. The summed E-state index contributed by atoms with van der Waals surface area (Å²) in [5.74, 6) is 4.17. The fourth-order valence-electron chi connectivity index (χ4n) is 8.80. The number of rotatable bonds is 7.